The van der Waals surface area contributed by atoms with Gasteiger partial charge in [0, 0.05) is 25.8 Å². The van der Waals surface area contributed by atoms with Crippen LogP contribution in [0.5, 0.6) is 5.75 Å². The van der Waals surface area contributed by atoms with Crippen LogP contribution in [0.1, 0.15) is 22.5 Å². The summed E-state index contributed by atoms with van der Waals surface area (Å²) in [4.78, 5) is 4.34. The summed E-state index contributed by atoms with van der Waals surface area (Å²) < 4.78 is 7.41. The Kier molecular flexibility index (Phi) is 6.89. The molecular weight excluding hydrogens is 362 g/mol. The molecular formula is C23H29N5O. The van der Waals surface area contributed by atoms with E-state index in [-0.39, 0.29) is 0 Å². The summed E-state index contributed by atoms with van der Waals surface area (Å²) in [7, 11) is 3.48. The largest absolute Gasteiger partial charge is 0.496 e. The Balaban J connectivity index is 1.61. The lowest BCUT2D eigenvalue weighted by Crippen LogP contribution is -2.38. The third-order valence-electron chi connectivity index (χ3n) is 4.78. The van der Waals surface area contributed by atoms with Gasteiger partial charge >= 0.3 is 0 Å². The minimum Gasteiger partial charge on any atom is -0.496 e. The van der Waals surface area contributed by atoms with Gasteiger partial charge in [0.1, 0.15) is 5.75 Å². The zero-order valence-electron chi connectivity index (χ0n) is 17.6. The minimum absolute atomic E-state index is 0.656. The predicted molar refractivity (Wildman–Crippen MR) is 118 cm³/mol. The molecule has 0 aliphatic heterocycles. The van der Waals surface area contributed by atoms with Crippen LogP contribution in [0.25, 0.3) is 5.69 Å². The molecule has 0 fully saturated rings. The van der Waals surface area contributed by atoms with Gasteiger partial charge in [0.05, 0.1) is 18.5 Å². The zero-order valence-corrected chi connectivity index (χ0v) is 17.6. The van der Waals surface area contributed by atoms with E-state index in [1.807, 2.05) is 41.9 Å². The van der Waals surface area contributed by atoms with Crippen LogP contribution in [-0.4, -0.2) is 36.4 Å². The molecule has 3 rings (SSSR count). The number of rotatable bonds is 7. The van der Waals surface area contributed by atoms with Crippen molar-refractivity contribution in [2.24, 2.45) is 4.99 Å². The summed E-state index contributed by atoms with van der Waals surface area (Å²) in [5, 5.41) is 11.4. The van der Waals surface area contributed by atoms with Crippen molar-refractivity contribution < 1.29 is 4.74 Å². The lowest BCUT2D eigenvalue weighted by Gasteiger charge is -2.15. The van der Waals surface area contributed by atoms with Crippen molar-refractivity contribution in [1.82, 2.24) is 20.4 Å². The Bertz CT molecular complexity index is 977. The number of guanidine groups is 1. The molecule has 0 unspecified atom stereocenters. The topological polar surface area (TPSA) is 63.5 Å². The minimum atomic E-state index is 0.656. The number of nitrogens with one attached hydrogen (secondary N) is 2. The Morgan fingerprint density at radius 2 is 1.76 bits per heavy atom. The van der Waals surface area contributed by atoms with Crippen molar-refractivity contribution in [3.63, 3.8) is 0 Å². The van der Waals surface area contributed by atoms with E-state index in [9.17, 15) is 0 Å². The molecule has 2 N–H and O–H groups in total. The van der Waals surface area contributed by atoms with Gasteiger partial charge in [-0.05, 0) is 49.6 Å². The number of aromatic nitrogens is 2. The Morgan fingerprint density at radius 3 is 2.45 bits per heavy atom. The maximum Gasteiger partial charge on any atom is 0.191 e. The van der Waals surface area contributed by atoms with Crippen LogP contribution < -0.4 is 15.4 Å². The molecule has 6 heteroatoms. The number of methoxy groups -OCH3 is 1. The zero-order chi connectivity index (χ0) is 20.6. The smallest absolute Gasteiger partial charge is 0.191 e. The maximum atomic E-state index is 5.42. The molecule has 0 atom stereocenters. The molecule has 29 heavy (non-hydrogen) atoms. The van der Waals surface area contributed by atoms with E-state index in [1.165, 1.54) is 5.56 Å². The summed E-state index contributed by atoms with van der Waals surface area (Å²) in [5.74, 6) is 1.68. The van der Waals surface area contributed by atoms with Gasteiger partial charge in [0.2, 0.25) is 0 Å². The molecule has 2 aromatic carbocycles. The molecule has 0 aliphatic rings. The maximum absolute atomic E-state index is 5.42. The standard InChI is InChI=1S/C23H29N5O/c1-17-15-18(2)28(27-17)21-11-7-5-10-20(21)16-26-23(24-3)25-14-13-19-9-6-8-12-22(19)29-4/h5-12,15H,13-14,16H2,1-4H3,(H2,24,25,26). The molecule has 0 spiro atoms. The summed E-state index contributed by atoms with van der Waals surface area (Å²) in [6.07, 6.45) is 0.854. The molecule has 6 nitrogen and oxygen atoms in total. The van der Waals surface area contributed by atoms with E-state index >= 15 is 0 Å². The van der Waals surface area contributed by atoms with E-state index in [1.54, 1.807) is 14.2 Å². The van der Waals surface area contributed by atoms with E-state index < -0.39 is 0 Å². The van der Waals surface area contributed by atoms with E-state index in [2.05, 4.69) is 51.9 Å². The van der Waals surface area contributed by atoms with E-state index in [0.29, 0.717) is 6.54 Å². The molecule has 0 radical (unpaired) electrons. The highest BCUT2D eigenvalue weighted by Crippen LogP contribution is 2.18. The fourth-order valence-electron chi connectivity index (χ4n) is 3.36. The lowest BCUT2D eigenvalue weighted by molar-refractivity contribution is 0.409. The summed E-state index contributed by atoms with van der Waals surface area (Å²) in [6.45, 7) is 5.50. The van der Waals surface area contributed by atoms with Crippen LogP contribution in [0.4, 0.5) is 0 Å². The highest BCUT2D eigenvalue weighted by atomic mass is 16.5. The Morgan fingerprint density at radius 1 is 1.03 bits per heavy atom. The predicted octanol–water partition coefficient (Wildman–Crippen LogP) is 3.41. The second-order valence-corrected chi connectivity index (χ2v) is 6.88. The first kappa shape index (κ1) is 20.5. The van der Waals surface area contributed by atoms with Gasteiger partial charge < -0.3 is 15.4 Å². The second-order valence-electron chi connectivity index (χ2n) is 6.88. The highest BCUT2D eigenvalue weighted by molar-refractivity contribution is 5.79. The molecule has 0 saturated heterocycles. The van der Waals surface area contributed by atoms with E-state index in [0.717, 1.165) is 47.3 Å². The number of ether oxygens (including phenoxy) is 1. The average Bonchev–Trinajstić information content (AvgIpc) is 3.08. The molecule has 0 amide bonds. The molecule has 1 heterocycles. The number of aryl methyl sites for hydroxylation is 2. The quantitative estimate of drug-likeness (QED) is 0.479. The third-order valence-corrected chi connectivity index (χ3v) is 4.78. The first-order valence-corrected chi connectivity index (χ1v) is 9.80. The number of hydrogen-bond donors (Lipinski definition) is 2. The first-order valence-electron chi connectivity index (χ1n) is 9.80. The number of benzene rings is 2. The summed E-state index contributed by atoms with van der Waals surface area (Å²) >= 11 is 0. The second kappa shape index (κ2) is 9.78. The first-order chi connectivity index (χ1) is 14.1. The highest BCUT2D eigenvalue weighted by Gasteiger charge is 2.09. The van der Waals surface area contributed by atoms with E-state index in [4.69, 9.17) is 4.74 Å². The SMILES string of the molecule is CN=C(NCCc1ccccc1OC)NCc1ccccc1-n1nc(C)cc1C. The monoisotopic (exact) mass is 391 g/mol. The molecule has 3 aromatic rings. The molecule has 1 aromatic heterocycles. The Labute approximate surface area is 172 Å². The third kappa shape index (κ3) is 5.16. The number of nitrogens with zero attached hydrogens (tertiary/aromatic N) is 3. The lowest BCUT2D eigenvalue weighted by atomic mass is 10.1. The number of hydrogen-bond acceptors (Lipinski definition) is 3. The molecule has 0 saturated carbocycles. The average molecular weight is 392 g/mol. The van der Waals surface area contributed by atoms with Crippen LogP contribution in [0.3, 0.4) is 0 Å². The van der Waals surface area contributed by atoms with Crippen LogP contribution >= 0.6 is 0 Å². The number of aliphatic imine (C=N–C) groups is 1. The molecule has 0 bridgehead atoms. The Hall–Kier alpha value is -3.28. The van der Waals surface area contributed by atoms with Gasteiger partial charge in [-0.15, -0.1) is 0 Å². The number of para-hydroxylation sites is 2. The fourth-order valence-corrected chi connectivity index (χ4v) is 3.36. The fraction of sp³-hybridized carbons (Fsp3) is 0.304. The van der Waals surface area contributed by atoms with Gasteiger partial charge in [-0.3, -0.25) is 4.99 Å². The van der Waals surface area contributed by atoms with Crippen LogP contribution in [0.15, 0.2) is 59.6 Å². The summed E-state index contributed by atoms with van der Waals surface area (Å²) in [5.41, 5.74) is 5.54. The van der Waals surface area contributed by atoms with Crippen molar-refractivity contribution in [3.8, 4) is 11.4 Å². The van der Waals surface area contributed by atoms with Crippen molar-refractivity contribution >= 4 is 5.96 Å². The molecule has 0 aliphatic carbocycles. The van der Waals surface area contributed by atoms with Gasteiger partial charge in [0.25, 0.3) is 0 Å². The normalized spacial score (nSPS) is 11.4. The molecule has 152 valence electrons. The van der Waals surface area contributed by atoms with Crippen molar-refractivity contribution in [1.29, 1.82) is 0 Å². The van der Waals surface area contributed by atoms with Gasteiger partial charge in [-0.2, -0.15) is 5.10 Å². The van der Waals surface area contributed by atoms with Gasteiger partial charge in [0.15, 0.2) is 5.96 Å². The van der Waals surface area contributed by atoms with Crippen molar-refractivity contribution in [3.05, 3.63) is 77.1 Å². The van der Waals surface area contributed by atoms with Gasteiger partial charge in [-0.1, -0.05) is 36.4 Å². The van der Waals surface area contributed by atoms with Crippen molar-refractivity contribution in [2.75, 3.05) is 20.7 Å². The summed E-state index contributed by atoms with van der Waals surface area (Å²) in [6, 6.07) is 18.5. The van der Waals surface area contributed by atoms with Crippen molar-refractivity contribution in [2.45, 2.75) is 26.8 Å². The van der Waals surface area contributed by atoms with Crippen LogP contribution in [-0.2, 0) is 13.0 Å². The van der Waals surface area contributed by atoms with Crippen LogP contribution in [0.2, 0.25) is 0 Å². The van der Waals surface area contributed by atoms with Crippen LogP contribution in [0, 0.1) is 13.8 Å². The van der Waals surface area contributed by atoms with Gasteiger partial charge in [-0.25, -0.2) is 4.68 Å².